The van der Waals surface area contributed by atoms with Gasteiger partial charge in [-0.1, -0.05) is 23.8 Å². The van der Waals surface area contributed by atoms with E-state index in [2.05, 4.69) is 4.72 Å². The fourth-order valence-electron chi connectivity index (χ4n) is 0.681. The van der Waals surface area contributed by atoms with Crippen LogP contribution in [-0.2, 0) is 10.0 Å². The Morgan fingerprint density at radius 2 is 2.08 bits per heavy atom. The van der Waals surface area contributed by atoms with E-state index >= 15 is 0 Å². The topological polar surface area (TPSA) is 46.2 Å². The Morgan fingerprint density at radius 1 is 1.50 bits per heavy atom. The van der Waals surface area contributed by atoms with E-state index in [0.29, 0.717) is 0 Å². The molecule has 0 aromatic carbocycles. The predicted molar refractivity (Wildman–Crippen MR) is 51.4 cm³/mol. The third-order valence-electron chi connectivity index (χ3n) is 1.30. The molecular weight excluding hydrogens is 174 g/mol. The molecule has 0 aromatic rings. The lowest BCUT2D eigenvalue weighted by molar-refractivity contribution is 0.590. The monoisotopic (exact) mass is 189 g/mol. The second-order valence-electron chi connectivity index (χ2n) is 2.50. The van der Waals surface area contributed by atoms with Gasteiger partial charge >= 0.3 is 0 Å². The summed E-state index contributed by atoms with van der Waals surface area (Å²) in [5.74, 6) is 0.0633. The van der Waals surface area contributed by atoms with Crippen LogP contribution in [0.5, 0.6) is 0 Å². The largest absolute Gasteiger partial charge is 0.218 e. The SMILES string of the molecule is C/C=C\C=C(/C)CS(=O)(=O)NC. The quantitative estimate of drug-likeness (QED) is 0.672. The van der Waals surface area contributed by atoms with Crippen molar-refractivity contribution >= 4 is 10.0 Å². The number of hydrogen-bond donors (Lipinski definition) is 1. The van der Waals surface area contributed by atoms with E-state index in [0.717, 1.165) is 5.57 Å². The van der Waals surface area contributed by atoms with Gasteiger partial charge in [0.15, 0.2) is 0 Å². The van der Waals surface area contributed by atoms with Crippen LogP contribution in [-0.4, -0.2) is 21.2 Å². The van der Waals surface area contributed by atoms with E-state index in [9.17, 15) is 8.42 Å². The van der Waals surface area contributed by atoms with Gasteiger partial charge in [0.25, 0.3) is 0 Å². The van der Waals surface area contributed by atoms with Crippen LogP contribution in [0, 0.1) is 0 Å². The van der Waals surface area contributed by atoms with E-state index in [4.69, 9.17) is 0 Å². The number of sulfonamides is 1. The zero-order chi connectivity index (χ0) is 9.61. The van der Waals surface area contributed by atoms with Crippen molar-refractivity contribution in [3.8, 4) is 0 Å². The minimum atomic E-state index is -3.10. The average Bonchev–Trinajstić information content (AvgIpc) is 2.00. The number of nitrogens with one attached hydrogen (secondary N) is 1. The zero-order valence-electron chi connectivity index (χ0n) is 7.66. The van der Waals surface area contributed by atoms with Gasteiger partial charge in [-0.15, -0.1) is 0 Å². The zero-order valence-corrected chi connectivity index (χ0v) is 8.48. The van der Waals surface area contributed by atoms with Gasteiger partial charge in [0.2, 0.25) is 10.0 Å². The normalized spacial score (nSPS) is 14.1. The molecule has 4 heteroatoms. The molecule has 1 N–H and O–H groups in total. The van der Waals surface area contributed by atoms with Gasteiger partial charge in [0.05, 0.1) is 5.75 Å². The van der Waals surface area contributed by atoms with Crippen LogP contribution in [0.3, 0.4) is 0 Å². The number of hydrogen-bond acceptors (Lipinski definition) is 2. The molecule has 0 bridgehead atoms. The second-order valence-corrected chi connectivity index (χ2v) is 4.43. The van der Waals surface area contributed by atoms with Gasteiger partial charge in [0, 0.05) is 0 Å². The second kappa shape index (κ2) is 5.11. The third kappa shape index (κ3) is 5.09. The minimum absolute atomic E-state index is 0.0633. The van der Waals surface area contributed by atoms with Crippen LogP contribution in [0.4, 0.5) is 0 Å². The first-order chi connectivity index (χ1) is 5.52. The van der Waals surface area contributed by atoms with Gasteiger partial charge in [-0.25, -0.2) is 13.1 Å². The van der Waals surface area contributed by atoms with E-state index in [1.807, 2.05) is 19.1 Å². The lowest BCUT2D eigenvalue weighted by atomic mass is 10.3. The Balaban J connectivity index is 4.28. The van der Waals surface area contributed by atoms with Crippen molar-refractivity contribution in [3.05, 3.63) is 23.8 Å². The van der Waals surface area contributed by atoms with Crippen molar-refractivity contribution in [3.63, 3.8) is 0 Å². The van der Waals surface area contributed by atoms with Crippen LogP contribution in [0.1, 0.15) is 13.8 Å². The highest BCUT2D eigenvalue weighted by Gasteiger charge is 2.06. The Bertz CT molecular complexity index is 275. The molecule has 0 aliphatic heterocycles. The van der Waals surface area contributed by atoms with Crippen LogP contribution >= 0.6 is 0 Å². The van der Waals surface area contributed by atoms with Crippen molar-refractivity contribution in [1.29, 1.82) is 0 Å². The van der Waals surface area contributed by atoms with Crippen LogP contribution in [0.25, 0.3) is 0 Å². The van der Waals surface area contributed by atoms with E-state index in [1.165, 1.54) is 7.05 Å². The number of rotatable bonds is 4. The van der Waals surface area contributed by atoms with Crippen LogP contribution < -0.4 is 4.72 Å². The van der Waals surface area contributed by atoms with Gasteiger partial charge in [-0.2, -0.15) is 0 Å². The molecule has 0 radical (unpaired) electrons. The highest BCUT2D eigenvalue weighted by atomic mass is 32.2. The van der Waals surface area contributed by atoms with Gasteiger partial charge < -0.3 is 0 Å². The Morgan fingerprint density at radius 3 is 2.50 bits per heavy atom. The molecule has 0 heterocycles. The highest BCUT2D eigenvalue weighted by Crippen LogP contribution is 1.97. The fourth-order valence-corrected chi connectivity index (χ4v) is 1.52. The molecule has 12 heavy (non-hydrogen) atoms. The Kier molecular flexibility index (Phi) is 4.85. The summed E-state index contributed by atoms with van der Waals surface area (Å²) >= 11 is 0. The van der Waals surface area contributed by atoms with Gasteiger partial charge in [-0.05, 0) is 20.9 Å². The summed E-state index contributed by atoms with van der Waals surface area (Å²) in [6.07, 6.45) is 5.46. The van der Waals surface area contributed by atoms with E-state index < -0.39 is 10.0 Å². The Labute approximate surface area is 74.2 Å². The molecule has 0 aliphatic rings. The molecule has 0 rings (SSSR count). The summed E-state index contributed by atoms with van der Waals surface area (Å²) in [4.78, 5) is 0. The first kappa shape index (κ1) is 11.4. The molecule has 0 amide bonds. The minimum Gasteiger partial charge on any atom is -0.218 e. The fraction of sp³-hybridized carbons (Fsp3) is 0.500. The van der Waals surface area contributed by atoms with Crippen molar-refractivity contribution in [2.24, 2.45) is 0 Å². The first-order valence-electron chi connectivity index (χ1n) is 3.71. The maximum atomic E-state index is 11.0. The van der Waals surface area contributed by atoms with Crippen molar-refractivity contribution in [2.75, 3.05) is 12.8 Å². The molecule has 0 atom stereocenters. The molecule has 0 saturated carbocycles. The van der Waals surface area contributed by atoms with Gasteiger partial charge in [0.1, 0.15) is 0 Å². The molecule has 0 unspecified atom stereocenters. The van der Waals surface area contributed by atoms with Crippen LogP contribution in [0.15, 0.2) is 23.8 Å². The number of allylic oxidation sites excluding steroid dienone is 3. The lowest BCUT2D eigenvalue weighted by Gasteiger charge is -2.00. The molecule has 70 valence electrons. The summed E-state index contributed by atoms with van der Waals surface area (Å²) in [5.41, 5.74) is 0.822. The standard InChI is InChI=1S/C8H15NO2S/c1-4-5-6-8(2)7-12(10,11)9-3/h4-6,9H,7H2,1-3H3/b5-4-,8-6+. The molecule has 0 saturated heterocycles. The molecular formula is C8H15NO2S. The smallest absolute Gasteiger partial charge is 0.215 e. The summed E-state index contributed by atoms with van der Waals surface area (Å²) in [5, 5.41) is 0. The first-order valence-corrected chi connectivity index (χ1v) is 5.36. The molecule has 0 fully saturated rings. The molecule has 0 spiro atoms. The summed E-state index contributed by atoms with van der Waals surface area (Å²) in [6, 6.07) is 0. The van der Waals surface area contributed by atoms with Crippen molar-refractivity contribution < 1.29 is 8.42 Å². The van der Waals surface area contributed by atoms with Crippen LogP contribution in [0.2, 0.25) is 0 Å². The summed E-state index contributed by atoms with van der Waals surface area (Å²) in [6.45, 7) is 3.67. The maximum Gasteiger partial charge on any atom is 0.215 e. The molecule has 0 aliphatic carbocycles. The van der Waals surface area contributed by atoms with E-state index in [1.54, 1.807) is 13.0 Å². The van der Waals surface area contributed by atoms with E-state index in [-0.39, 0.29) is 5.75 Å². The Hall–Kier alpha value is -0.610. The highest BCUT2D eigenvalue weighted by molar-refractivity contribution is 7.89. The predicted octanol–water partition coefficient (Wildman–Crippen LogP) is 1.06. The van der Waals surface area contributed by atoms with Crippen molar-refractivity contribution in [2.45, 2.75) is 13.8 Å². The van der Waals surface area contributed by atoms with Gasteiger partial charge in [-0.3, -0.25) is 0 Å². The lowest BCUT2D eigenvalue weighted by Crippen LogP contribution is -2.22. The summed E-state index contributed by atoms with van der Waals surface area (Å²) < 4.78 is 24.2. The average molecular weight is 189 g/mol. The molecule has 0 aromatic heterocycles. The third-order valence-corrected chi connectivity index (χ3v) is 2.76. The van der Waals surface area contributed by atoms with Crippen molar-refractivity contribution in [1.82, 2.24) is 4.72 Å². The maximum absolute atomic E-state index is 11.0. The summed E-state index contributed by atoms with van der Waals surface area (Å²) in [7, 11) is -1.69. The molecule has 3 nitrogen and oxygen atoms in total.